The molecule has 2 aromatic rings. The zero-order valence-corrected chi connectivity index (χ0v) is 16.1. The van der Waals surface area contributed by atoms with Crippen molar-refractivity contribution < 1.29 is 32.2 Å². The van der Waals surface area contributed by atoms with Gasteiger partial charge >= 0.3 is 7.60 Å². The summed E-state index contributed by atoms with van der Waals surface area (Å²) in [5, 5.41) is 9.17. The first kappa shape index (κ1) is 20.6. The van der Waals surface area contributed by atoms with E-state index in [2.05, 4.69) is 0 Å². The molecule has 0 saturated heterocycles. The fourth-order valence-electron chi connectivity index (χ4n) is 2.28. The maximum Gasteiger partial charge on any atom is 0.332 e. The van der Waals surface area contributed by atoms with Gasteiger partial charge < -0.3 is 19.3 Å². The van der Waals surface area contributed by atoms with E-state index < -0.39 is 23.7 Å². The van der Waals surface area contributed by atoms with Gasteiger partial charge in [0.2, 0.25) is 9.84 Å². The lowest BCUT2D eigenvalue weighted by Crippen LogP contribution is -2.09. The van der Waals surface area contributed by atoms with Gasteiger partial charge in [0.25, 0.3) is 0 Å². The van der Waals surface area contributed by atoms with Gasteiger partial charge in [0.05, 0.1) is 22.6 Å². The zero-order valence-electron chi connectivity index (χ0n) is 14.4. The molecule has 26 heavy (non-hydrogen) atoms. The van der Waals surface area contributed by atoms with E-state index in [4.69, 9.17) is 14.4 Å². The van der Waals surface area contributed by atoms with Crippen LogP contribution in [0.25, 0.3) is 0 Å². The van der Waals surface area contributed by atoms with E-state index in [1.54, 1.807) is 6.92 Å². The third-order valence-corrected chi connectivity index (χ3v) is 6.60. The molecule has 2 aromatic carbocycles. The van der Waals surface area contributed by atoms with Crippen LogP contribution in [0.1, 0.15) is 19.4 Å². The summed E-state index contributed by atoms with van der Waals surface area (Å²) in [6, 6.07) is 11.4. The Hall–Kier alpha value is -1.70. The number of rotatable bonds is 8. The standard InChI is InChI=1S/C17H21O7PS/c1-3-23-25(19,20)12-14-4-8-16(9-5-14)26(21,22)17-10-6-15(7-11-17)24-13(2)18/h4-11,13,18H,3,12H2,1-2H3,(H,19,20). The van der Waals surface area contributed by atoms with Crippen LogP contribution in [-0.4, -0.2) is 31.3 Å². The highest BCUT2D eigenvalue weighted by molar-refractivity contribution is 7.91. The molecule has 0 bridgehead atoms. The van der Waals surface area contributed by atoms with E-state index >= 15 is 0 Å². The first-order chi connectivity index (χ1) is 12.1. The minimum absolute atomic E-state index is 0.0645. The molecule has 0 radical (unpaired) electrons. The van der Waals surface area contributed by atoms with Gasteiger partial charge in [-0.2, -0.15) is 0 Å². The van der Waals surface area contributed by atoms with Crippen molar-refractivity contribution in [2.45, 2.75) is 36.1 Å². The van der Waals surface area contributed by atoms with Crippen molar-refractivity contribution >= 4 is 17.4 Å². The fraction of sp³-hybridized carbons (Fsp3) is 0.294. The number of aliphatic hydroxyl groups is 1. The van der Waals surface area contributed by atoms with Crippen LogP contribution in [0, 0.1) is 0 Å². The lowest BCUT2D eigenvalue weighted by molar-refractivity contribution is -0.000328. The summed E-state index contributed by atoms with van der Waals surface area (Å²) in [5.41, 5.74) is 0.504. The first-order valence-corrected chi connectivity index (χ1v) is 11.1. The number of hydrogen-bond acceptors (Lipinski definition) is 6. The lowest BCUT2D eigenvalue weighted by Gasteiger charge is -2.12. The molecular formula is C17H21O7PS. The van der Waals surface area contributed by atoms with Gasteiger partial charge in [-0.1, -0.05) is 12.1 Å². The molecule has 9 heteroatoms. The number of sulfone groups is 1. The number of ether oxygens (including phenoxy) is 1. The highest BCUT2D eigenvalue weighted by atomic mass is 32.2. The molecule has 7 nitrogen and oxygen atoms in total. The van der Waals surface area contributed by atoms with E-state index in [0.717, 1.165) is 0 Å². The van der Waals surface area contributed by atoms with Gasteiger partial charge in [-0.15, -0.1) is 0 Å². The summed E-state index contributed by atoms with van der Waals surface area (Å²) in [6.45, 7) is 3.19. The molecule has 0 saturated carbocycles. The largest absolute Gasteiger partial charge is 0.465 e. The monoisotopic (exact) mass is 400 g/mol. The lowest BCUT2D eigenvalue weighted by atomic mass is 10.2. The van der Waals surface area contributed by atoms with Gasteiger partial charge in [-0.3, -0.25) is 4.57 Å². The Labute approximate surface area is 152 Å². The summed E-state index contributed by atoms with van der Waals surface area (Å²) < 4.78 is 46.9. The second-order valence-corrected chi connectivity index (χ2v) is 9.35. The maximum absolute atomic E-state index is 12.6. The van der Waals surface area contributed by atoms with Gasteiger partial charge in [-0.25, -0.2) is 8.42 Å². The van der Waals surface area contributed by atoms with Crippen molar-refractivity contribution in [3.05, 3.63) is 54.1 Å². The van der Waals surface area contributed by atoms with Crippen LogP contribution >= 0.6 is 7.60 Å². The van der Waals surface area contributed by atoms with Gasteiger partial charge in [0, 0.05) is 0 Å². The third-order valence-electron chi connectivity index (χ3n) is 3.39. The highest BCUT2D eigenvalue weighted by Gasteiger charge is 2.21. The van der Waals surface area contributed by atoms with Crippen molar-refractivity contribution in [3.8, 4) is 5.75 Å². The van der Waals surface area contributed by atoms with Crippen molar-refractivity contribution in [1.82, 2.24) is 0 Å². The Kier molecular flexibility index (Phi) is 6.60. The van der Waals surface area contributed by atoms with Crippen LogP contribution in [-0.2, 0) is 25.1 Å². The van der Waals surface area contributed by atoms with E-state index in [9.17, 15) is 17.9 Å². The molecule has 2 atom stereocenters. The Balaban J connectivity index is 2.20. The third kappa shape index (κ3) is 5.40. The molecule has 0 aromatic heterocycles. The normalized spacial score (nSPS) is 15.2. The molecular weight excluding hydrogens is 379 g/mol. The quantitative estimate of drug-likeness (QED) is 0.518. The molecule has 0 aliphatic carbocycles. The van der Waals surface area contributed by atoms with E-state index in [-0.39, 0.29) is 22.6 Å². The van der Waals surface area contributed by atoms with Gasteiger partial charge in [0.1, 0.15) is 5.75 Å². The molecule has 0 aliphatic heterocycles. The summed E-state index contributed by atoms with van der Waals surface area (Å²) in [6.07, 6.45) is -1.18. The Bertz CT molecular complexity index is 874. The minimum Gasteiger partial charge on any atom is -0.465 e. The van der Waals surface area contributed by atoms with Crippen molar-refractivity contribution in [2.24, 2.45) is 0 Å². The molecule has 2 unspecified atom stereocenters. The molecule has 0 spiro atoms. The van der Waals surface area contributed by atoms with E-state index in [1.807, 2.05) is 0 Å². The van der Waals surface area contributed by atoms with Crippen LogP contribution in [0.15, 0.2) is 58.3 Å². The van der Waals surface area contributed by atoms with Crippen LogP contribution in [0.3, 0.4) is 0 Å². The topological polar surface area (TPSA) is 110 Å². The van der Waals surface area contributed by atoms with E-state index in [0.29, 0.717) is 11.3 Å². The molecule has 2 rings (SSSR count). The molecule has 2 N–H and O–H groups in total. The van der Waals surface area contributed by atoms with Crippen LogP contribution in [0.5, 0.6) is 5.75 Å². The van der Waals surface area contributed by atoms with Crippen LogP contribution < -0.4 is 4.74 Å². The van der Waals surface area contributed by atoms with Gasteiger partial charge in [0.15, 0.2) is 6.29 Å². The highest BCUT2D eigenvalue weighted by Crippen LogP contribution is 2.45. The fourth-order valence-corrected chi connectivity index (χ4v) is 4.71. The Morgan fingerprint density at radius 2 is 1.54 bits per heavy atom. The Morgan fingerprint density at radius 1 is 1.04 bits per heavy atom. The SMILES string of the molecule is CCOP(=O)(O)Cc1ccc(S(=O)(=O)c2ccc(OC(C)O)cc2)cc1. The van der Waals surface area contributed by atoms with Gasteiger partial charge in [-0.05, 0) is 55.8 Å². The van der Waals surface area contributed by atoms with E-state index in [1.165, 1.54) is 55.5 Å². The average Bonchev–Trinajstić information content (AvgIpc) is 2.55. The first-order valence-electron chi connectivity index (χ1n) is 7.89. The molecule has 0 amide bonds. The zero-order chi connectivity index (χ0) is 19.4. The Morgan fingerprint density at radius 3 is 2.00 bits per heavy atom. The number of aliphatic hydroxyl groups excluding tert-OH is 1. The summed E-state index contributed by atoms with van der Waals surface area (Å²) >= 11 is 0. The van der Waals surface area contributed by atoms with Crippen LogP contribution in [0.2, 0.25) is 0 Å². The second-order valence-electron chi connectivity index (χ2n) is 5.55. The minimum atomic E-state index is -3.74. The van der Waals surface area contributed by atoms with Crippen molar-refractivity contribution in [1.29, 1.82) is 0 Å². The summed E-state index contributed by atoms with van der Waals surface area (Å²) in [5.74, 6) is 0.351. The van der Waals surface area contributed by atoms with Crippen molar-refractivity contribution in [2.75, 3.05) is 6.61 Å². The molecule has 0 heterocycles. The number of benzene rings is 2. The van der Waals surface area contributed by atoms with Crippen LogP contribution in [0.4, 0.5) is 0 Å². The summed E-state index contributed by atoms with van der Waals surface area (Å²) in [4.78, 5) is 9.79. The smallest absolute Gasteiger partial charge is 0.332 e. The predicted octanol–water partition coefficient (Wildman–Crippen LogP) is 2.96. The maximum atomic E-state index is 12.6. The molecule has 0 fully saturated rings. The second kappa shape index (κ2) is 8.33. The predicted molar refractivity (Wildman–Crippen MR) is 95.8 cm³/mol. The average molecular weight is 400 g/mol. The molecule has 0 aliphatic rings. The number of hydrogen-bond donors (Lipinski definition) is 2. The van der Waals surface area contributed by atoms with Crippen molar-refractivity contribution in [3.63, 3.8) is 0 Å². The summed E-state index contributed by atoms with van der Waals surface area (Å²) in [7, 11) is -7.47. The molecule has 142 valence electrons.